The summed E-state index contributed by atoms with van der Waals surface area (Å²) in [5, 5.41) is 16.9. The SMILES string of the molecule is C=C1CN2CCC[C@]2(COc2nc3c(c(N4CCCn5nc(C(=O)N(C)C)cc5C4)n2)CO[C@@H](c2cc(O)cc4ccc(F)c(CC)c24)C3)C1. The second kappa shape index (κ2) is 12.6. The van der Waals surface area contributed by atoms with E-state index in [2.05, 4.69) is 21.5 Å². The lowest BCUT2D eigenvalue weighted by Crippen LogP contribution is -2.43. The van der Waals surface area contributed by atoms with Crippen molar-refractivity contribution >= 4 is 22.5 Å². The van der Waals surface area contributed by atoms with Crippen molar-refractivity contribution in [3.8, 4) is 11.8 Å². The zero-order chi connectivity index (χ0) is 34.7. The number of amides is 1. The largest absolute Gasteiger partial charge is 0.508 e. The smallest absolute Gasteiger partial charge is 0.318 e. The molecule has 262 valence electrons. The van der Waals surface area contributed by atoms with Crippen LogP contribution in [0, 0.1) is 5.82 Å². The minimum absolute atomic E-state index is 0.0895. The third-order valence-electron chi connectivity index (χ3n) is 10.9. The van der Waals surface area contributed by atoms with Gasteiger partial charge in [-0.15, -0.1) is 0 Å². The van der Waals surface area contributed by atoms with Crippen LogP contribution in [-0.2, 0) is 37.3 Å². The van der Waals surface area contributed by atoms with Gasteiger partial charge in [0.15, 0.2) is 5.69 Å². The van der Waals surface area contributed by atoms with Crippen molar-refractivity contribution in [1.29, 1.82) is 0 Å². The number of anilines is 1. The first-order valence-corrected chi connectivity index (χ1v) is 17.7. The number of hydrogen-bond acceptors (Lipinski definition) is 9. The second-order valence-corrected chi connectivity index (χ2v) is 14.5. The van der Waals surface area contributed by atoms with Crippen molar-refractivity contribution < 1.29 is 23.8 Å². The lowest BCUT2D eigenvalue weighted by molar-refractivity contribution is 0.0262. The summed E-state index contributed by atoms with van der Waals surface area (Å²) in [6.45, 7) is 10.8. The number of carbonyl (C=O) groups is 1. The third-order valence-corrected chi connectivity index (χ3v) is 10.9. The van der Waals surface area contributed by atoms with Crippen LogP contribution >= 0.6 is 0 Å². The van der Waals surface area contributed by atoms with Gasteiger partial charge in [0.2, 0.25) is 0 Å². The summed E-state index contributed by atoms with van der Waals surface area (Å²) in [6.07, 6.45) is 4.34. The first-order valence-electron chi connectivity index (χ1n) is 17.7. The van der Waals surface area contributed by atoms with Crippen LogP contribution < -0.4 is 9.64 Å². The van der Waals surface area contributed by atoms with Crippen molar-refractivity contribution in [2.75, 3.05) is 45.2 Å². The number of aryl methyl sites for hydroxylation is 2. The molecule has 4 aliphatic heterocycles. The number of fused-ring (bicyclic) bond motifs is 4. The van der Waals surface area contributed by atoms with Crippen LogP contribution in [0.1, 0.15) is 77.3 Å². The first-order chi connectivity index (χ1) is 24.1. The molecule has 0 saturated carbocycles. The molecular weight excluding hydrogens is 637 g/mol. The van der Waals surface area contributed by atoms with E-state index in [-0.39, 0.29) is 29.6 Å². The minimum atomic E-state index is -0.466. The average Bonchev–Trinajstić information content (AvgIpc) is 3.73. The molecule has 1 N–H and O–H groups in total. The van der Waals surface area contributed by atoms with E-state index in [1.54, 1.807) is 32.3 Å². The van der Waals surface area contributed by atoms with Crippen molar-refractivity contribution in [2.24, 2.45) is 0 Å². The summed E-state index contributed by atoms with van der Waals surface area (Å²) < 4.78 is 30.1. The molecule has 0 unspecified atom stereocenters. The van der Waals surface area contributed by atoms with Crippen LogP contribution in [-0.4, -0.2) is 86.4 Å². The predicted octanol–water partition coefficient (Wildman–Crippen LogP) is 5.33. The Labute approximate surface area is 291 Å². The Morgan fingerprint density at radius 2 is 2.02 bits per heavy atom. The number of aromatic nitrogens is 4. The number of halogens is 1. The van der Waals surface area contributed by atoms with Gasteiger partial charge in [0.1, 0.15) is 24.0 Å². The highest BCUT2D eigenvalue weighted by molar-refractivity contribution is 5.92. The maximum Gasteiger partial charge on any atom is 0.318 e. The lowest BCUT2D eigenvalue weighted by Gasteiger charge is -2.33. The number of benzene rings is 2. The monoisotopic (exact) mass is 681 g/mol. The molecule has 1 amide bonds. The second-order valence-electron chi connectivity index (χ2n) is 14.5. The van der Waals surface area contributed by atoms with Crippen LogP contribution in [0.3, 0.4) is 0 Å². The molecule has 0 spiro atoms. The average molecular weight is 682 g/mol. The Bertz CT molecular complexity index is 2010. The van der Waals surface area contributed by atoms with E-state index < -0.39 is 6.10 Å². The summed E-state index contributed by atoms with van der Waals surface area (Å²) in [5.74, 6) is 0.451. The molecule has 50 heavy (non-hydrogen) atoms. The summed E-state index contributed by atoms with van der Waals surface area (Å²) in [5.41, 5.74) is 5.53. The molecule has 12 heteroatoms. The van der Waals surface area contributed by atoms with Gasteiger partial charge in [-0.25, -0.2) is 4.39 Å². The molecule has 0 radical (unpaired) electrons. The number of ether oxygens (including phenoxy) is 2. The summed E-state index contributed by atoms with van der Waals surface area (Å²) >= 11 is 0. The van der Waals surface area contributed by atoms with Crippen LogP contribution in [0.5, 0.6) is 11.8 Å². The zero-order valence-electron chi connectivity index (χ0n) is 29.0. The molecule has 8 rings (SSSR count). The van der Waals surface area contributed by atoms with E-state index in [9.17, 15) is 9.90 Å². The number of nitrogens with zero attached hydrogens (tertiary/aromatic N) is 7. The predicted molar refractivity (Wildman–Crippen MR) is 187 cm³/mol. The lowest BCUT2D eigenvalue weighted by atomic mass is 9.91. The number of aromatic hydroxyl groups is 1. The Kier molecular flexibility index (Phi) is 8.26. The Morgan fingerprint density at radius 1 is 1.16 bits per heavy atom. The quantitative estimate of drug-likeness (QED) is 0.259. The van der Waals surface area contributed by atoms with Gasteiger partial charge in [-0.05, 0) is 84.8 Å². The number of phenolic OH excluding ortho intramolecular Hbond substituents is 1. The topological polar surface area (TPSA) is 109 Å². The molecule has 2 aromatic heterocycles. The van der Waals surface area contributed by atoms with Gasteiger partial charge in [-0.3, -0.25) is 14.4 Å². The molecule has 0 bridgehead atoms. The number of rotatable bonds is 7. The molecule has 6 heterocycles. The summed E-state index contributed by atoms with van der Waals surface area (Å²) in [6, 6.07) is 8.73. The molecule has 2 aromatic carbocycles. The highest BCUT2D eigenvalue weighted by Gasteiger charge is 2.46. The standard InChI is InChI=1S/C38H44FN7O4/c1-5-27-30(39)9-8-24-14-26(47)16-28(34(24)27)33-17-31-29(21-49-33)35(41-37(40-31)50-22-38-10-6-12-45(38)19-23(2)18-38)44-11-7-13-46-25(20-44)15-32(42-46)36(48)43(3)4/h8-9,14-16,33,47H,2,5-7,10-13,17-22H2,1,3-4H3/t33-,38-/m1/s1. The first kappa shape index (κ1) is 32.6. The van der Waals surface area contributed by atoms with Crippen molar-refractivity contribution in [2.45, 2.75) is 76.8 Å². The summed E-state index contributed by atoms with van der Waals surface area (Å²) in [7, 11) is 3.46. The van der Waals surface area contributed by atoms with Crippen molar-refractivity contribution in [3.05, 3.63) is 82.1 Å². The van der Waals surface area contributed by atoms with Gasteiger partial charge in [0.25, 0.3) is 5.91 Å². The molecule has 4 aromatic rings. The third kappa shape index (κ3) is 5.68. The van der Waals surface area contributed by atoms with Crippen LogP contribution in [0.15, 0.2) is 42.5 Å². The van der Waals surface area contributed by atoms with E-state index in [1.165, 1.54) is 16.5 Å². The Morgan fingerprint density at radius 3 is 2.84 bits per heavy atom. The molecule has 2 fully saturated rings. The van der Waals surface area contributed by atoms with Gasteiger partial charge in [0.05, 0.1) is 36.2 Å². The van der Waals surface area contributed by atoms with Gasteiger partial charge >= 0.3 is 6.01 Å². The normalized spacial score (nSPS) is 22.0. The van der Waals surface area contributed by atoms with Crippen molar-refractivity contribution in [3.63, 3.8) is 0 Å². The van der Waals surface area contributed by atoms with E-state index >= 15 is 4.39 Å². The van der Waals surface area contributed by atoms with E-state index in [1.807, 2.05) is 17.7 Å². The van der Waals surface area contributed by atoms with Crippen LogP contribution in [0.2, 0.25) is 0 Å². The van der Waals surface area contributed by atoms with Crippen LogP contribution in [0.4, 0.5) is 10.2 Å². The van der Waals surface area contributed by atoms with E-state index in [4.69, 9.17) is 19.4 Å². The highest BCUT2D eigenvalue weighted by atomic mass is 19.1. The molecule has 2 saturated heterocycles. The Balaban J connectivity index is 1.17. The zero-order valence-corrected chi connectivity index (χ0v) is 29.0. The number of carbonyl (C=O) groups excluding carboxylic acids is 1. The molecule has 4 aliphatic rings. The fraction of sp³-hybridized carbons (Fsp3) is 0.474. The number of phenols is 1. The van der Waals surface area contributed by atoms with Crippen molar-refractivity contribution in [1.82, 2.24) is 29.5 Å². The molecular formula is C38H44FN7O4. The maximum atomic E-state index is 15.1. The number of hydrogen-bond donors (Lipinski definition) is 1. The fourth-order valence-corrected chi connectivity index (χ4v) is 8.51. The fourth-order valence-electron chi connectivity index (χ4n) is 8.51. The van der Waals surface area contributed by atoms with E-state index in [0.29, 0.717) is 49.8 Å². The van der Waals surface area contributed by atoms with Crippen LogP contribution in [0.25, 0.3) is 10.8 Å². The van der Waals surface area contributed by atoms with Gasteiger partial charge < -0.3 is 24.4 Å². The van der Waals surface area contributed by atoms with Gasteiger partial charge in [-0.2, -0.15) is 15.1 Å². The summed E-state index contributed by atoms with van der Waals surface area (Å²) in [4.78, 5) is 29.1. The van der Waals surface area contributed by atoms with Gasteiger partial charge in [-0.1, -0.05) is 25.1 Å². The Hall–Kier alpha value is -4.55. The van der Waals surface area contributed by atoms with Gasteiger partial charge in [0, 0.05) is 45.7 Å². The molecule has 0 aliphatic carbocycles. The van der Waals surface area contributed by atoms with E-state index in [0.717, 1.165) is 84.4 Å². The molecule has 11 nitrogen and oxygen atoms in total. The minimum Gasteiger partial charge on any atom is -0.508 e. The maximum absolute atomic E-state index is 15.1. The highest BCUT2D eigenvalue weighted by Crippen LogP contribution is 2.43. The molecule has 2 atom stereocenters.